The summed E-state index contributed by atoms with van der Waals surface area (Å²) >= 11 is 0. The van der Waals surface area contributed by atoms with E-state index in [9.17, 15) is 13.2 Å². The molecule has 1 heterocycles. The molecular formula is C12H22O5S. The summed E-state index contributed by atoms with van der Waals surface area (Å²) in [6, 6.07) is 0. The highest BCUT2D eigenvalue weighted by molar-refractivity contribution is 7.91. The first-order valence-corrected chi connectivity index (χ1v) is 7.97. The van der Waals surface area contributed by atoms with Crippen LogP contribution in [-0.2, 0) is 19.4 Å². The van der Waals surface area contributed by atoms with Crippen molar-refractivity contribution in [1.82, 2.24) is 0 Å². The molecular weight excluding hydrogens is 256 g/mol. The number of aliphatic hydroxyl groups excluding tert-OH is 1. The summed E-state index contributed by atoms with van der Waals surface area (Å²) in [7, 11) is -3.04. The fourth-order valence-electron chi connectivity index (χ4n) is 2.09. The van der Waals surface area contributed by atoms with Gasteiger partial charge in [0.1, 0.15) is 15.4 Å². The van der Waals surface area contributed by atoms with Crippen molar-refractivity contribution < 1.29 is 23.1 Å². The largest absolute Gasteiger partial charge is 0.460 e. The van der Waals surface area contributed by atoms with Crippen LogP contribution in [0.15, 0.2) is 0 Å². The first-order valence-electron chi connectivity index (χ1n) is 6.15. The molecule has 0 aliphatic carbocycles. The van der Waals surface area contributed by atoms with Gasteiger partial charge in [-0.1, -0.05) is 0 Å². The van der Waals surface area contributed by atoms with Gasteiger partial charge in [0.25, 0.3) is 0 Å². The summed E-state index contributed by atoms with van der Waals surface area (Å²) in [6.45, 7) is 5.19. The maximum absolute atomic E-state index is 12.2. The van der Waals surface area contributed by atoms with Crippen LogP contribution in [0.3, 0.4) is 0 Å². The molecule has 1 saturated heterocycles. The fourth-order valence-corrected chi connectivity index (χ4v) is 3.69. The zero-order chi connectivity index (χ0) is 14.0. The van der Waals surface area contributed by atoms with E-state index in [-0.39, 0.29) is 43.3 Å². The first kappa shape index (κ1) is 15.4. The van der Waals surface area contributed by atoms with Crippen LogP contribution in [0.1, 0.15) is 40.0 Å². The summed E-state index contributed by atoms with van der Waals surface area (Å²) in [5.74, 6) is -0.405. The van der Waals surface area contributed by atoms with E-state index in [1.54, 1.807) is 20.8 Å². The third-order valence-electron chi connectivity index (χ3n) is 3.21. The van der Waals surface area contributed by atoms with Crippen LogP contribution in [0, 0.1) is 5.41 Å². The van der Waals surface area contributed by atoms with E-state index < -0.39 is 20.9 Å². The van der Waals surface area contributed by atoms with E-state index in [1.807, 2.05) is 0 Å². The lowest BCUT2D eigenvalue weighted by atomic mass is 9.79. The van der Waals surface area contributed by atoms with Crippen LogP contribution in [0.5, 0.6) is 0 Å². The van der Waals surface area contributed by atoms with Gasteiger partial charge in [-0.2, -0.15) is 0 Å². The van der Waals surface area contributed by atoms with Crippen LogP contribution in [0.2, 0.25) is 0 Å². The second-order valence-electron chi connectivity index (χ2n) is 5.91. The first-order chi connectivity index (χ1) is 8.10. The van der Waals surface area contributed by atoms with E-state index in [0.717, 1.165) is 0 Å². The normalized spacial score (nSPS) is 22.4. The zero-order valence-electron chi connectivity index (χ0n) is 11.2. The van der Waals surface area contributed by atoms with Crippen molar-refractivity contribution in [2.75, 3.05) is 18.1 Å². The topological polar surface area (TPSA) is 80.7 Å². The Kier molecular flexibility index (Phi) is 4.43. The fraction of sp³-hybridized carbons (Fsp3) is 0.917. The predicted octanol–water partition coefficient (Wildman–Crippen LogP) is 0.905. The Labute approximate surface area is 108 Å². The van der Waals surface area contributed by atoms with Gasteiger partial charge in [0, 0.05) is 6.61 Å². The number of rotatable bonds is 3. The highest BCUT2D eigenvalue weighted by atomic mass is 32.2. The van der Waals surface area contributed by atoms with Gasteiger partial charge < -0.3 is 9.84 Å². The van der Waals surface area contributed by atoms with Crippen LogP contribution < -0.4 is 0 Å². The van der Waals surface area contributed by atoms with Crippen molar-refractivity contribution in [2.24, 2.45) is 5.41 Å². The molecule has 0 bridgehead atoms. The van der Waals surface area contributed by atoms with Gasteiger partial charge in [0.2, 0.25) is 0 Å². The van der Waals surface area contributed by atoms with E-state index in [1.165, 1.54) is 0 Å². The average molecular weight is 278 g/mol. The van der Waals surface area contributed by atoms with Crippen molar-refractivity contribution >= 4 is 15.8 Å². The average Bonchev–Trinajstić information content (AvgIpc) is 2.19. The van der Waals surface area contributed by atoms with Crippen LogP contribution in [-0.4, -0.2) is 43.2 Å². The standard InChI is InChI=1S/C12H22O5S/c1-11(2,3)17-10(14)12(4-7-13)5-8-18(15,16)9-6-12/h13H,4-9H2,1-3H3. The second kappa shape index (κ2) is 5.17. The molecule has 0 aromatic rings. The van der Waals surface area contributed by atoms with E-state index >= 15 is 0 Å². The molecule has 0 spiro atoms. The van der Waals surface area contributed by atoms with Crippen molar-refractivity contribution in [3.63, 3.8) is 0 Å². The van der Waals surface area contributed by atoms with Crippen molar-refractivity contribution in [3.05, 3.63) is 0 Å². The lowest BCUT2D eigenvalue weighted by molar-refractivity contribution is -0.169. The lowest BCUT2D eigenvalue weighted by Gasteiger charge is -2.36. The van der Waals surface area contributed by atoms with Crippen LogP contribution in [0.4, 0.5) is 0 Å². The molecule has 0 amide bonds. The number of ether oxygens (including phenoxy) is 1. The number of sulfone groups is 1. The minimum Gasteiger partial charge on any atom is -0.460 e. The van der Waals surface area contributed by atoms with E-state index in [0.29, 0.717) is 0 Å². The Bertz CT molecular complexity index is 391. The molecule has 1 aliphatic heterocycles. The van der Waals surface area contributed by atoms with Crippen molar-refractivity contribution in [2.45, 2.75) is 45.6 Å². The quantitative estimate of drug-likeness (QED) is 0.776. The Hall–Kier alpha value is -0.620. The predicted molar refractivity (Wildman–Crippen MR) is 67.9 cm³/mol. The molecule has 18 heavy (non-hydrogen) atoms. The SMILES string of the molecule is CC(C)(C)OC(=O)C1(CCO)CCS(=O)(=O)CC1. The van der Waals surface area contributed by atoms with Gasteiger partial charge in [0.15, 0.2) is 0 Å². The number of carbonyl (C=O) groups is 1. The van der Waals surface area contributed by atoms with Gasteiger partial charge in [-0.05, 0) is 40.0 Å². The Morgan fingerprint density at radius 1 is 1.28 bits per heavy atom. The summed E-state index contributed by atoms with van der Waals surface area (Å²) in [5.41, 5.74) is -1.44. The summed E-state index contributed by atoms with van der Waals surface area (Å²) in [5, 5.41) is 9.10. The maximum atomic E-state index is 12.2. The number of esters is 1. The third-order valence-corrected chi connectivity index (χ3v) is 4.86. The summed E-state index contributed by atoms with van der Waals surface area (Å²) in [6.07, 6.45) is 0.743. The summed E-state index contributed by atoms with van der Waals surface area (Å²) < 4.78 is 28.2. The Morgan fingerprint density at radius 3 is 2.17 bits per heavy atom. The van der Waals surface area contributed by atoms with E-state index in [2.05, 4.69) is 0 Å². The maximum Gasteiger partial charge on any atom is 0.312 e. The summed E-state index contributed by atoms with van der Waals surface area (Å²) in [4.78, 5) is 12.2. The highest BCUT2D eigenvalue weighted by Gasteiger charge is 2.45. The van der Waals surface area contributed by atoms with Gasteiger partial charge >= 0.3 is 5.97 Å². The van der Waals surface area contributed by atoms with Crippen LogP contribution >= 0.6 is 0 Å². The molecule has 106 valence electrons. The number of hydrogen-bond donors (Lipinski definition) is 1. The zero-order valence-corrected chi connectivity index (χ0v) is 12.0. The molecule has 1 fully saturated rings. The molecule has 6 heteroatoms. The number of carbonyl (C=O) groups excluding carboxylic acids is 1. The molecule has 0 radical (unpaired) electrons. The van der Waals surface area contributed by atoms with Gasteiger partial charge in [-0.3, -0.25) is 4.79 Å². The molecule has 5 nitrogen and oxygen atoms in total. The number of aliphatic hydroxyl groups is 1. The highest BCUT2D eigenvalue weighted by Crippen LogP contribution is 2.38. The monoisotopic (exact) mass is 278 g/mol. The molecule has 1 rings (SSSR count). The van der Waals surface area contributed by atoms with Crippen molar-refractivity contribution in [1.29, 1.82) is 0 Å². The van der Waals surface area contributed by atoms with E-state index in [4.69, 9.17) is 9.84 Å². The number of hydrogen-bond acceptors (Lipinski definition) is 5. The smallest absolute Gasteiger partial charge is 0.312 e. The minimum absolute atomic E-state index is 0.00770. The molecule has 0 aromatic heterocycles. The minimum atomic E-state index is -3.04. The molecule has 0 unspecified atom stereocenters. The lowest BCUT2D eigenvalue weighted by Crippen LogP contribution is -2.44. The van der Waals surface area contributed by atoms with Gasteiger partial charge in [-0.15, -0.1) is 0 Å². The molecule has 0 atom stereocenters. The third kappa shape index (κ3) is 3.95. The Morgan fingerprint density at radius 2 is 1.78 bits per heavy atom. The van der Waals surface area contributed by atoms with Crippen molar-refractivity contribution in [3.8, 4) is 0 Å². The molecule has 0 saturated carbocycles. The van der Waals surface area contributed by atoms with Gasteiger partial charge in [0.05, 0.1) is 16.9 Å². The molecule has 0 aromatic carbocycles. The second-order valence-corrected chi connectivity index (χ2v) is 8.21. The molecule has 1 N–H and O–H groups in total. The Balaban J connectivity index is 2.85. The molecule has 1 aliphatic rings. The van der Waals surface area contributed by atoms with Crippen LogP contribution in [0.25, 0.3) is 0 Å². The van der Waals surface area contributed by atoms with Gasteiger partial charge in [-0.25, -0.2) is 8.42 Å².